The molecule has 0 aromatic heterocycles. The molecule has 1 saturated heterocycles. The fourth-order valence-corrected chi connectivity index (χ4v) is 1.99. The smallest absolute Gasteiger partial charge is 0.0557 e. The van der Waals surface area contributed by atoms with Crippen LogP contribution >= 0.6 is 0 Å². The van der Waals surface area contributed by atoms with E-state index in [1.165, 1.54) is 23.2 Å². The molecule has 3 rings (SSSR count). The van der Waals surface area contributed by atoms with Crippen LogP contribution in [0, 0.1) is 0 Å². The van der Waals surface area contributed by atoms with Gasteiger partial charge in [-0.05, 0) is 23.6 Å². The summed E-state index contributed by atoms with van der Waals surface area (Å²) in [4.78, 5) is 0. The molecule has 0 spiro atoms. The molecule has 0 radical (unpaired) electrons. The van der Waals surface area contributed by atoms with E-state index in [0.29, 0.717) is 5.92 Å². The van der Waals surface area contributed by atoms with Gasteiger partial charge in [0, 0.05) is 18.2 Å². The van der Waals surface area contributed by atoms with Gasteiger partial charge in [-0.25, -0.2) is 0 Å². The fourth-order valence-electron chi connectivity index (χ4n) is 1.99. The molecular formula is C11H13NO. The summed E-state index contributed by atoms with van der Waals surface area (Å²) in [5, 5.41) is 3.40. The van der Waals surface area contributed by atoms with Crippen molar-refractivity contribution in [3.05, 3.63) is 29.3 Å². The van der Waals surface area contributed by atoms with E-state index in [4.69, 9.17) is 4.74 Å². The van der Waals surface area contributed by atoms with Crippen LogP contribution in [0.25, 0.3) is 0 Å². The van der Waals surface area contributed by atoms with Crippen LogP contribution in [0.1, 0.15) is 17.0 Å². The molecule has 68 valence electrons. The first-order valence-corrected chi connectivity index (χ1v) is 4.88. The Balaban J connectivity index is 1.95. The number of hydrogen-bond donors (Lipinski definition) is 1. The lowest BCUT2D eigenvalue weighted by Crippen LogP contribution is -2.24. The second-order valence-electron chi connectivity index (χ2n) is 3.83. The average Bonchev–Trinajstić information content (AvgIpc) is 2.47. The van der Waals surface area contributed by atoms with Crippen LogP contribution in [0.5, 0.6) is 0 Å². The summed E-state index contributed by atoms with van der Waals surface area (Å²) < 4.78 is 5.19. The Hall–Kier alpha value is -1.02. The summed E-state index contributed by atoms with van der Waals surface area (Å²) in [5.74, 6) is 0.646. The highest BCUT2D eigenvalue weighted by Gasteiger charge is 2.21. The van der Waals surface area contributed by atoms with Crippen LogP contribution in [0.3, 0.4) is 0 Å². The van der Waals surface area contributed by atoms with Gasteiger partial charge in [0.1, 0.15) is 0 Å². The van der Waals surface area contributed by atoms with Gasteiger partial charge in [-0.15, -0.1) is 0 Å². The first-order chi connectivity index (χ1) is 6.43. The Bertz CT molecular complexity index is 331. The molecule has 2 heteroatoms. The number of hydrogen-bond acceptors (Lipinski definition) is 2. The molecule has 0 unspecified atom stereocenters. The number of rotatable bonds is 1. The van der Waals surface area contributed by atoms with Crippen LogP contribution in [0.4, 0.5) is 5.69 Å². The molecule has 1 aromatic rings. The Morgan fingerprint density at radius 1 is 1.31 bits per heavy atom. The van der Waals surface area contributed by atoms with Crippen molar-refractivity contribution in [3.8, 4) is 0 Å². The summed E-state index contributed by atoms with van der Waals surface area (Å²) >= 11 is 0. The number of benzene rings is 1. The SMILES string of the molecule is c1cc2c(cc1C1COC1)NCC2. The van der Waals surface area contributed by atoms with E-state index in [1.807, 2.05) is 0 Å². The van der Waals surface area contributed by atoms with Crippen molar-refractivity contribution in [3.63, 3.8) is 0 Å². The number of fused-ring (bicyclic) bond motifs is 1. The standard InChI is InChI=1S/C11H13NO/c1-2-9(10-6-13-7-10)5-11-8(1)3-4-12-11/h1-2,5,10,12H,3-4,6-7H2. The van der Waals surface area contributed by atoms with Crippen molar-refractivity contribution < 1.29 is 4.74 Å². The van der Waals surface area contributed by atoms with E-state index in [2.05, 4.69) is 23.5 Å². The molecule has 1 N–H and O–H groups in total. The quantitative estimate of drug-likeness (QED) is 0.702. The second-order valence-corrected chi connectivity index (χ2v) is 3.83. The molecule has 2 heterocycles. The third kappa shape index (κ3) is 1.13. The van der Waals surface area contributed by atoms with Crippen molar-refractivity contribution in [2.24, 2.45) is 0 Å². The van der Waals surface area contributed by atoms with Crippen LogP contribution in [0.2, 0.25) is 0 Å². The Kier molecular flexibility index (Phi) is 1.56. The summed E-state index contributed by atoms with van der Waals surface area (Å²) in [6, 6.07) is 6.79. The molecule has 13 heavy (non-hydrogen) atoms. The van der Waals surface area contributed by atoms with Crippen molar-refractivity contribution in [1.29, 1.82) is 0 Å². The van der Waals surface area contributed by atoms with Gasteiger partial charge in [0.2, 0.25) is 0 Å². The van der Waals surface area contributed by atoms with Crippen molar-refractivity contribution in [2.45, 2.75) is 12.3 Å². The third-order valence-electron chi connectivity index (χ3n) is 2.95. The van der Waals surface area contributed by atoms with Crippen LogP contribution < -0.4 is 5.32 Å². The molecule has 2 nitrogen and oxygen atoms in total. The third-order valence-corrected chi connectivity index (χ3v) is 2.95. The van der Waals surface area contributed by atoms with Gasteiger partial charge < -0.3 is 10.1 Å². The second kappa shape index (κ2) is 2.74. The first kappa shape index (κ1) is 7.39. The molecule has 1 aromatic carbocycles. The predicted octanol–water partition coefficient (Wildman–Crippen LogP) is 1.77. The van der Waals surface area contributed by atoms with Gasteiger partial charge in [0.25, 0.3) is 0 Å². The number of nitrogens with one attached hydrogen (secondary N) is 1. The van der Waals surface area contributed by atoms with E-state index < -0.39 is 0 Å². The first-order valence-electron chi connectivity index (χ1n) is 4.88. The monoisotopic (exact) mass is 175 g/mol. The van der Waals surface area contributed by atoms with Gasteiger partial charge in [0.15, 0.2) is 0 Å². The van der Waals surface area contributed by atoms with Gasteiger partial charge in [0.05, 0.1) is 13.2 Å². The van der Waals surface area contributed by atoms with E-state index in [1.54, 1.807) is 0 Å². The lowest BCUT2D eigenvalue weighted by molar-refractivity contribution is 0.00844. The van der Waals surface area contributed by atoms with E-state index in [-0.39, 0.29) is 0 Å². The van der Waals surface area contributed by atoms with Crippen molar-refractivity contribution >= 4 is 5.69 Å². The molecule has 2 aliphatic heterocycles. The molecular weight excluding hydrogens is 162 g/mol. The molecule has 0 saturated carbocycles. The van der Waals surface area contributed by atoms with Crippen LogP contribution in [-0.4, -0.2) is 19.8 Å². The molecule has 0 aliphatic carbocycles. The maximum atomic E-state index is 5.19. The van der Waals surface area contributed by atoms with Gasteiger partial charge >= 0.3 is 0 Å². The topological polar surface area (TPSA) is 21.3 Å². The predicted molar refractivity (Wildman–Crippen MR) is 52.2 cm³/mol. The Morgan fingerprint density at radius 2 is 2.23 bits per heavy atom. The van der Waals surface area contributed by atoms with E-state index in [0.717, 1.165) is 19.8 Å². The van der Waals surface area contributed by atoms with Crippen LogP contribution in [0.15, 0.2) is 18.2 Å². The minimum absolute atomic E-state index is 0.646. The zero-order valence-electron chi connectivity index (χ0n) is 7.55. The van der Waals surface area contributed by atoms with Gasteiger partial charge in [-0.2, -0.15) is 0 Å². The molecule has 1 fully saturated rings. The number of anilines is 1. The largest absolute Gasteiger partial charge is 0.384 e. The zero-order valence-corrected chi connectivity index (χ0v) is 7.55. The molecule has 2 aliphatic rings. The maximum absolute atomic E-state index is 5.19. The Labute approximate surface area is 77.9 Å². The molecule has 0 bridgehead atoms. The van der Waals surface area contributed by atoms with Gasteiger partial charge in [-0.3, -0.25) is 0 Å². The lowest BCUT2D eigenvalue weighted by Gasteiger charge is -2.26. The highest BCUT2D eigenvalue weighted by Crippen LogP contribution is 2.30. The average molecular weight is 175 g/mol. The minimum atomic E-state index is 0.646. The summed E-state index contributed by atoms with van der Waals surface area (Å²) in [5.41, 5.74) is 4.23. The van der Waals surface area contributed by atoms with Gasteiger partial charge in [-0.1, -0.05) is 12.1 Å². The Morgan fingerprint density at radius 3 is 3.00 bits per heavy atom. The summed E-state index contributed by atoms with van der Waals surface area (Å²) in [7, 11) is 0. The van der Waals surface area contributed by atoms with Crippen molar-refractivity contribution in [2.75, 3.05) is 25.1 Å². The zero-order chi connectivity index (χ0) is 8.67. The highest BCUT2D eigenvalue weighted by atomic mass is 16.5. The number of ether oxygens (including phenoxy) is 1. The fraction of sp³-hybridized carbons (Fsp3) is 0.455. The van der Waals surface area contributed by atoms with E-state index >= 15 is 0 Å². The lowest BCUT2D eigenvalue weighted by atomic mass is 9.96. The summed E-state index contributed by atoms with van der Waals surface area (Å²) in [6.45, 7) is 2.90. The minimum Gasteiger partial charge on any atom is -0.384 e. The normalized spacial score (nSPS) is 20.6. The summed E-state index contributed by atoms with van der Waals surface area (Å²) in [6.07, 6.45) is 1.18. The van der Waals surface area contributed by atoms with Crippen molar-refractivity contribution in [1.82, 2.24) is 0 Å². The van der Waals surface area contributed by atoms with Crippen LogP contribution in [-0.2, 0) is 11.2 Å². The molecule has 0 atom stereocenters. The van der Waals surface area contributed by atoms with E-state index in [9.17, 15) is 0 Å². The highest BCUT2D eigenvalue weighted by molar-refractivity contribution is 5.57. The molecule has 0 amide bonds. The maximum Gasteiger partial charge on any atom is 0.0557 e.